The molecule has 2 heterocycles. The van der Waals surface area contributed by atoms with E-state index in [0.29, 0.717) is 37.5 Å². The number of halogens is 1. The molecule has 1 aromatic rings. The third-order valence-electron chi connectivity index (χ3n) is 5.02. The zero-order chi connectivity index (χ0) is 19.1. The van der Waals surface area contributed by atoms with Gasteiger partial charge in [0, 0.05) is 25.7 Å². The Morgan fingerprint density at radius 3 is 2.70 bits per heavy atom. The third kappa shape index (κ3) is 4.12. The number of nitrogens with two attached hydrogens (primary N) is 1. The third-order valence-corrected chi connectivity index (χ3v) is 6.34. The minimum absolute atomic E-state index is 0. The van der Waals surface area contributed by atoms with Crippen LogP contribution in [0.2, 0.25) is 0 Å². The topological polar surface area (TPSA) is 96.1 Å². The molecule has 1 amide bonds. The summed E-state index contributed by atoms with van der Waals surface area (Å²) >= 11 is 0. The number of fused-ring (bicyclic) bond motifs is 1. The van der Waals surface area contributed by atoms with Gasteiger partial charge in [-0.1, -0.05) is 26.0 Å². The van der Waals surface area contributed by atoms with Gasteiger partial charge in [-0.2, -0.15) is 8.42 Å². The maximum Gasteiger partial charge on any atom is 0.285 e. The Morgan fingerprint density at radius 1 is 1.37 bits per heavy atom. The Morgan fingerprint density at radius 2 is 2.04 bits per heavy atom. The number of amides is 1. The fraction of sp³-hybridized carbons (Fsp3) is 0.556. The molecule has 0 radical (unpaired) electrons. The lowest BCUT2D eigenvalue weighted by Crippen LogP contribution is -2.49. The highest BCUT2D eigenvalue weighted by molar-refractivity contribution is 7.90. The van der Waals surface area contributed by atoms with Crippen molar-refractivity contribution in [2.24, 2.45) is 15.5 Å². The van der Waals surface area contributed by atoms with Gasteiger partial charge in [-0.15, -0.1) is 16.8 Å². The minimum Gasteiger partial charge on any atom is -0.343 e. The zero-order valence-electron chi connectivity index (χ0n) is 15.9. The number of hydrogen-bond acceptors (Lipinski definition) is 5. The van der Waals surface area contributed by atoms with E-state index in [-0.39, 0.29) is 28.6 Å². The molecule has 0 spiro atoms. The Hall–Kier alpha value is -1.64. The largest absolute Gasteiger partial charge is 0.343 e. The average molecular weight is 415 g/mol. The van der Waals surface area contributed by atoms with Crippen LogP contribution in [0.25, 0.3) is 0 Å². The highest BCUT2D eigenvalue weighted by Gasteiger charge is 2.40. The maximum absolute atomic E-state index is 13.0. The van der Waals surface area contributed by atoms with Crippen LogP contribution in [0.3, 0.4) is 0 Å². The summed E-state index contributed by atoms with van der Waals surface area (Å²) in [5.41, 5.74) is 6.19. The number of amidine groups is 1. The Balaban J connectivity index is 0.00000261. The molecule has 1 atom stereocenters. The monoisotopic (exact) mass is 414 g/mol. The minimum atomic E-state index is -3.69. The van der Waals surface area contributed by atoms with Gasteiger partial charge in [-0.3, -0.25) is 4.79 Å². The summed E-state index contributed by atoms with van der Waals surface area (Å²) in [7, 11) is -1.91. The second kappa shape index (κ2) is 7.77. The van der Waals surface area contributed by atoms with Crippen LogP contribution in [0.15, 0.2) is 33.6 Å². The SMILES string of the molecule is CN(CC(C)(C)CN)C(=O)C1CCCN1C1=NS(=O)(=O)c2ccccc21.Cl. The van der Waals surface area contributed by atoms with Crippen LogP contribution in [0.1, 0.15) is 32.3 Å². The van der Waals surface area contributed by atoms with E-state index in [2.05, 4.69) is 4.40 Å². The molecule has 1 saturated heterocycles. The van der Waals surface area contributed by atoms with Crippen molar-refractivity contribution in [2.75, 3.05) is 26.7 Å². The standard InChI is InChI=1S/C18H26N4O3S.ClH/c1-18(2,11-19)12-21(3)17(23)14-8-6-10-22(14)16-13-7-4-5-9-15(13)26(24,25)20-16;/h4-5,7,9,14H,6,8,10-12,19H2,1-3H3;1H. The highest BCUT2D eigenvalue weighted by Crippen LogP contribution is 2.31. The van der Waals surface area contributed by atoms with E-state index in [1.165, 1.54) is 0 Å². The molecular formula is C18H27ClN4O3S. The summed E-state index contributed by atoms with van der Waals surface area (Å²) in [4.78, 5) is 16.8. The van der Waals surface area contributed by atoms with Crippen molar-refractivity contribution < 1.29 is 13.2 Å². The van der Waals surface area contributed by atoms with Gasteiger partial charge in [-0.05, 0) is 36.9 Å². The summed E-state index contributed by atoms with van der Waals surface area (Å²) in [6.45, 7) is 5.69. The van der Waals surface area contributed by atoms with E-state index in [1.807, 2.05) is 18.7 Å². The molecule has 9 heteroatoms. The van der Waals surface area contributed by atoms with Gasteiger partial charge in [0.1, 0.15) is 10.9 Å². The Labute approximate surface area is 167 Å². The van der Waals surface area contributed by atoms with Gasteiger partial charge < -0.3 is 15.5 Å². The molecule has 2 aliphatic rings. The lowest BCUT2D eigenvalue weighted by Gasteiger charge is -2.33. The van der Waals surface area contributed by atoms with Crippen LogP contribution >= 0.6 is 12.4 Å². The quantitative estimate of drug-likeness (QED) is 0.804. The highest BCUT2D eigenvalue weighted by atomic mass is 35.5. The number of likely N-dealkylation sites (tertiary alicyclic amines) is 1. The number of sulfonamides is 1. The average Bonchev–Trinajstić information content (AvgIpc) is 3.17. The number of carbonyl (C=O) groups excluding carboxylic acids is 1. The van der Waals surface area contributed by atoms with Crippen molar-refractivity contribution in [3.05, 3.63) is 29.8 Å². The summed E-state index contributed by atoms with van der Waals surface area (Å²) in [6.07, 6.45) is 1.51. The predicted molar refractivity (Wildman–Crippen MR) is 108 cm³/mol. The van der Waals surface area contributed by atoms with E-state index >= 15 is 0 Å². The predicted octanol–water partition coefficient (Wildman–Crippen LogP) is 1.47. The molecular weight excluding hydrogens is 388 g/mol. The van der Waals surface area contributed by atoms with Crippen LogP contribution in [-0.4, -0.2) is 62.7 Å². The summed E-state index contributed by atoms with van der Waals surface area (Å²) in [6, 6.07) is 6.39. The molecule has 27 heavy (non-hydrogen) atoms. The van der Waals surface area contributed by atoms with Crippen molar-refractivity contribution in [3.8, 4) is 0 Å². The first kappa shape index (κ1) is 21.7. The van der Waals surface area contributed by atoms with Crippen LogP contribution in [-0.2, 0) is 14.8 Å². The van der Waals surface area contributed by atoms with Gasteiger partial charge >= 0.3 is 0 Å². The lowest BCUT2D eigenvalue weighted by atomic mass is 9.93. The van der Waals surface area contributed by atoms with E-state index in [9.17, 15) is 13.2 Å². The Kier molecular flexibility index (Phi) is 6.23. The summed E-state index contributed by atoms with van der Waals surface area (Å²) in [5, 5.41) is 0. The molecule has 0 saturated carbocycles. The van der Waals surface area contributed by atoms with Crippen molar-refractivity contribution in [1.29, 1.82) is 0 Å². The number of rotatable bonds is 4. The number of likely N-dealkylation sites (N-methyl/N-ethyl adjacent to an activating group) is 1. The molecule has 1 unspecified atom stereocenters. The molecule has 2 N–H and O–H groups in total. The van der Waals surface area contributed by atoms with E-state index in [0.717, 1.165) is 6.42 Å². The number of nitrogens with zero attached hydrogens (tertiary/aromatic N) is 3. The second-order valence-electron chi connectivity index (χ2n) is 7.80. The first-order valence-electron chi connectivity index (χ1n) is 8.82. The van der Waals surface area contributed by atoms with Crippen LogP contribution in [0.5, 0.6) is 0 Å². The molecule has 7 nitrogen and oxygen atoms in total. The molecule has 1 aromatic carbocycles. The van der Waals surface area contributed by atoms with Gasteiger partial charge in [0.25, 0.3) is 10.0 Å². The summed E-state index contributed by atoms with van der Waals surface area (Å²) in [5.74, 6) is 0.372. The smallest absolute Gasteiger partial charge is 0.285 e. The van der Waals surface area contributed by atoms with Crippen molar-refractivity contribution in [2.45, 2.75) is 37.6 Å². The van der Waals surface area contributed by atoms with Crippen LogP contribution in [0, 0.1) is 5.41 Å². The second-order valence-corrected chi connectivity index (χ2v) is 9.37. The first-order chi connectivity index (χ1) is 12.2. The van der Waals surface area contributed by atoms with Crippen LogP contribution < -0.4 is 5.73 Å². The van der Waals surface area contributed by atoms with Gasteiger partial charge in [-0.25, -0.2) is 0 Å². The first-order valence-corrected chi connectivity index (χ1v) is 10.3. The Bertz CT molecular complexity index is 854. The number of hydrogen-bond donors (Lipinski definition) is 1. The number of carbonyl (C=O) groups is 1. The molecule has 0 aromatic heterocycles. The van der Waals surface area contributed by atoms with Crippen molar-refractivity contribution in [1.82, 2.24) is 9.80 Å². The summed E-state index contributed by atoms with van der Waals surface area (Å²) < 4.78 is 28.6. The molecule has 0 bridgehead atoms. The van der Waals surface area contributed by atoms with Crippen molar-refractivity contribution in [3.63, 3.8) is 0 Å². The fourth-order valence-corrected chi connectivity index (χ4v) is 4.83. The molecule has 1 fully saturated rings. The molecule has 0 aliphatic carbocycles. The zero-order valence-corrected chi connectivity index (χ0v) is 17.5. The number of benzene rings is 1. The lowest BCUT2D eigenvalue weighted by molar-refractivity contribution is -0.134. The normalized spacial score (nSPS) is 20.7. The van der Waals surface area contributed by atoms with E-state index in [1.54, 1.807) is 36.2 Å². The molecule has 150 valence electrons. The van der Waals surface area contributed by atoms with Gasteiger partial charge in [0.05, 0.1) is 0 Å². The molecule has 2 aliphatic heterocycles. The van der Waals surface area contributed by atoms with Gasteiger partial charge in [0.15, 0.2) is 5.84 Å². The fourth-order valence-electron chi connectivity index (χ4n) is 3.61. The van der Waals surface area contributed by atoms with Crippen molar-refractivity contribution >= 4 is 34.2 Å². The maximum atomic E-state index is 13.0. The van der Waals surface area contributed by atoms with E-state index in [4.69, 9.17) is 5.73 Å². The van der Waals surface area contributed by atoms with E-state index < -0.39 is 16.1 Å². The molecule has 3 rings (SSSR count). The van der Waals surface area contributed by atoms with Gasteiger partial charge in [0.2, 0.25) is 5.91 Å². The van der Waals surface area contributed by atoms with Crippen LogP contribution in [0.4, 0.5) is 0 Å².